The number of unbranched alkanes of at least 4 members (excludes halogenated alkanes) is 1. The van der Waals surface area contributed by atoms with Crippen LogP contribution < -0.4 is 10.6 Å². The van der Waals surface area contributed by atoms with Gasteiger partial charge in [-0.25, -0.2) is 4.39 Å². The highest BCUT2D eigenvalue weighted by Crippen LogP contribution is 2.16. The normalized spacial score (nSPS) is 12.7. The Kier molecular flexibility index (Phi) is 8.08. The summed E-state index contributed by atoms with van der Waals surface area (Å²) in [6.07, 6.45) is 2.02. The molecule has 1 rings (SSSR count). The lowest BCUT2D eigenvalue weighted by Gasteiger charge is -2.18. The number of rotatable bonds is 7. The van der Waals surface area contributed by atoms with Gasteiger partial charge in [0.25, 0.3) is 0 Å². The van der Waals surface area contributed by atoms with Gasteiger partial charge in [-0.15, -0.1) is 0 Å². The molecule has 0 spiro atoms. The molecule has 1 aromatic rings. The molecule has 0 saturated heterocycles. The number of esters is 1. The first-order valence-electron chi connectivity index (χ1n) is 7.78. The van der Waals surface area contributed by atoms with E-state index in [1.165, 1.54) is 13.2 Å². The van der Waals surface area contributed by atoms with Crippen molar-refractivity contribution < 1.29 is 13.9 Å². The number of aliphatic imine (C=N–C) groups is 1. The SMILES string of the molecule is CN=C(NCCCCC(=O)OC)NC(C)c1ccc(C)c(F)c1. The van der Waals surface area contributed by atoms with Crippen LogP contribution in [0.5, 0.6) is 0 Å². The monoisotopic (exact) mass is 323 g/mol. The molecule has 23 heavy (non-hydrogen) atoms. The Balaban J connectivity index is 2.40. The van der Waals surface area contributed by atoms with Gasteiger partial charge in [0.05, 0.1) is 13.2 Å². The van der Waals surface area contributed by atoms with Crippen molar-refractivity contribution in [2.24, 2.45) is 4.99 Å². The van der Waals surface area contributed by atoms with E-state index < -0.39 is 0 Å². The van der Waals surface area contributed by atoms with E-state index in [1.807, 2.05) is 13.0 Å². The van der Waals surface area contributed by atoms with Gasteiger partial charge < -0.3 is 15.4 Å². The maximum absolute atomic E-state index is 13.6. The van der Waals surface area contributed by atoms with Crippen molar-refractivity contribution in [2.45, 2.75) is 39.2 Å². The Labute approximate surface area is 137 Å². The van der Waals surface area contributed by atoms with Crippen LogP contribution in [0.25, 0.3) is 0 Å². The lowest BCUT2D eigenvalue weighted by atomic mass is 10.1. The molecule has 0 aromatic heterocycles. The number of aryl methyl sites for hydroxylation is 1. The minimum atomic E-state index is -0.207. The molecule has 0 amide bonds. The maximum atomic E-state index is 13.6. The smallest absolute Gasteiger partial charge is 0.305 e. The third-order valence-electron chi connectivity index (χ3n) is 3.60. The van der Waals surface area contributed by atoms with Crippen LogP contribution in [0.15, 0.2) is 23.2 Å². The third-order valence-corrected chi connectivity index (χ3v) is 3.60. The molecule has 1 aromatic carbocycles. The second-order valence-corrected chi connectivity index (χ2v) is 5.41. The summed E-state index contributed by atoms with van der Waals surface area (Å²) in [6.45, 7) is 4.39. The molecule has 1 atom stereocenters. The van der Waals surface area contributed by atoms with Crippen molar-refractivity contribution >= 4 is 11.9 Å². The fraction of sp³-hybridized carbons (Fsp3) is 0.529. The number of carbonyl (C=O) groups is 1. The van der Waals surface area contributed by atoms with E-state index in [1.54, 1.807) is 20.0 Å². The van der Waals surface area contributed by atoms with Gasteiger partial charge in [0, 0.05) is 20.0 Å². The first-order chi connectivity index (χ1) is 11.0. The average molecular weight is 323 g/mol. The summed E-state index contributed by atoms with van der Waals surface area (Å²) in [7, 11) is 3.08. The minimum Gasteiger partial charge on any atom is -0.469 e. The molecule has 1 unspecified atom stereocenters. The van der Waals surface area contributed by atoms with Crippen LogP contribution in [-0.2, 0) is 9.53 Å². The van der Waals surface area contributed by atoms with Crippen LogP contribution in [0, 0.1) is 12.7 Å². The van der Waals surface area contributed by atoms with E-state index in [0.717, 1.165) is 18.4 Å². The summed E-state index contributed by atoms with van der Waals surface area (Å²) in [6, 6.07) is 5.15. The zero-order valence-corrected chi connectivity index (χ0v) is 14.3. The number of methoxy groups -OCH3 is 1. The number of carbonyl (C=O) groups excluding carboxylic acids is 1. The predicted octanol–water partition coefficient (Wildman–Crippen LogP) is 2.70. The van der Waals surface area contributed by atoms with Gasteiger partial charge >= 0.3 is 5.97 Å². The van der Waals surface area contributed by atoms with Crippen molar-refractivity contribution in [1.82, 2.24) is 10.6 Å². The van der Waals surface area contributed by atoms with Crippen molar-refractivity contribution in [3.63, 3.8) is 0 Å². The van der Waals surface area contributed by atoms with Crippen LogP contribution in [-0.4, -0.2) is 32.6 Å². The highest BCUT2D eigenvalue weighted by Gasteiger charge is 2.09. The summed E-state index contributed by atoms with van der Waals surface area (Å²) in [5.41, 5.74) is 1.50. The van der Waals surface area contributed by atoms with E-state index in [9.17, 15) is 9.18 Å². The Bertz CT molecular complexity index is 547. The highest BCUT2D eigenvalue weighted by molar-refractivity contribution is 5.80. The number of ether oxygens (including phenoxy) is 1. The number of hydrogen-bond acceptors (Lipinski definition) is 3. The molecule has 5 nitrogen and oxygen atoms in total. The number of hydrogen-bond donors (Lipinski definition) is 2. The average Bonchev–Trinajstić information content (AvgIpc) is 2.55. The molecule has 0 aliphatic heterocycles. The zero-order chi connectivity index (χ0) is 17.2. The zero-order valence-electron chi connectivity index (χ0n) is 14.3. The van der Waals surface area contributed by atoms with Gasteiger partial charge in [0.15, 0.2) is 5.96 Å². The van der Waals surface area contributed by atoms with Gasteiger partial charge in [0.2, 0.25) is 0 Å². The van der Waals surface area contributed by atoms with Gasteiger partial charge in [0.1, 0.15) is 5.82 Å². The number of halogens is 1. The quantitative estimate of drug-likeness (QED) is 0.350. The minimum absolute atomic E-state index is 0.0635. The molecule has 0 heterocycles. The number of nitrogens with zero attached hydrogens (tertiary/aromatic N) is 1. The molecule has 128 valence electrons. The van der Waals surface area contributed by atoms with E-state index in [0.29, 0.717) is 24.5 Å². The molecule has 0 radical (unpaired) electrons. The standard InChI is InChI=1S/C17H26FN3O2/c1-12-8-9-14(11-15(12)18)13(2)21-17(19-3)20-10-6-5-7-16(22)23-4/h8-9,11,13H,5-7,10H2,1-4H3,(H2,19,20,21). The molecule has 0 aliphatic carbocycles. The number of benzene rings is 1. The van der Waals surface area contributed by atoms with Crippen molar-refractivity contribution in [1.29, 1.82) is 0 Å². The Morgan fingerprint density at radius 1 is 1.39 bits per heavy atom. The molecular formula is C17H26FN3O2. The number of guanidine groups is 1. The van der Waals surface area contributed by atoms with Crippen molar-refractivity contribution in [3.8, 4) is 0 Å². The predicted molar refractivity (Wildman–Crippen MR) is 89.9 cm³/mol. The Morgan fingerprint density at radius 2 is 2.13 bits per heavy atom. The van der Waals surface area contributed by atoms with Crippen LogP contribution in [0.3, 0.4) is 0 Å². The van der Waals surface area contributed by atoms with Crippen LogP contribution in [0.2, 0.25) is 0 Å². The van der Waals surface area contributed by atoms with E-state index in [-0.39, 0.29) is 17.8 Å². The first-order valence-corrected chi connectivity index (χ1v) is 7.78. The summed E-state index contributed by atoms with van der Waals surface area (Å²) in [4.78, 5) is 15.2. The maximum Gasteiger partial charge on any atom is 0.305 e. The summed E-state index contributed by atoms with van der Waals surface area (Å²) in [5.74, 6) is 0.251. The number of nitrogens with one attached hydrogen (secondary N) is 2. The van der Waals surface area contributed by atoms with E-state index in [4.69, 9.17) is 0 Å². The molecular weight excluding hydrogens is 297 g/mol. The molecule has 2 N–H and O–H groups in total. The molecule has 0 bridgehead atoms. The van der Waals surface area contributed by atoms with Gasteiger partial charge in [-0.3, -0.25) is 9.79 Å². The van der Waals surface area contributed by atoms with E-state index >= 15 is 0 Å². The summed E-state index contributed by atoms with van der Waals surface area (Å²) in [5, 5.41) is 6.40. The van der Waals surface area contributed by atoms with Gasteiger partial charge in [-0.2, -0.15) is 0 Å². The third kappa shape index (κ3) is 6.67. The summed E-state index contributed by atoms with van der Waals surface area (Å²) < 4.78 is 18.2. The molecule has 0 aliphatic rings. The van der Waals surface area contributed by atoms with Crippen molar-refractivity contribution in [3.05, 3.63) is 35.1 Å². The second kappa shape index (κ2) is 9.82. The van der Waals surface area contributed by atoms with E-state index in [2.05, 4.69) is 20.4 Å². The largest absolute Gasteiger partial charge is 0.469 e. The lowest BCUT2D eigenvalue weighted by molar-refractivity contribution is -0.140. The topological polar surface area (TPSA) is 62.7 Å². The van der Waals surface area contributed by atoms with Gasteiger partial charge in [-0.05, 0) is 43.9 Å². The van der Waals surface area contributed by atoms with Gasteiger partial charge in [-0.1, -0.05) is 12.1 Å². The van der Waals surface area contributed by atoms with Crippen LogP contribution in [0.4, 0.5) is 4.39 Å². The highest BCUT2D eigenvalue weighted by atomic mass is 19.1. The fourth-order valence-corrected chi connectivity index (χ4v) is 2.06. The van der Waals surface area contributed by atoms with Crippen LogP contribution >= 0.6 is 0 Å². The molecule has 6 heteroatoms. The van der Waals surface area contributed by atoms with Crippen LogP contribution in [0.1, 0.15) is 43.4 Å². The molecule has 0 saturated carbocycles. The lowest BCUT2D eigenvalue weighted by Crippen LogP contribution is -2.39. The Morgan fingerprint density at radius 3 is 2.74 bits per heavy atom. The second-order valence-electron chi connectivity index (χ2n) is 5.41. The summed E-state index contributed by atoms with van der Waals surface area (Å²) >= 11 is 0. The molecule has 0 fully saturated rings. The fourth-order valence-electron chi connectivity index (χ4n) is 2.06. The Hall–Kier alpha value is -2.11. The van der Waals surface area contributed by atoms with Crippen molar-refractivity contribution in [2.75, 3.05) is 20.7 Å². The first kappa shape index (κ1) is 18.9.